The Labute approximate surface area is 116 Å². The molecular formula is C13H17N3O4. The van der Waals surface area contributed by atoms with Crippen molar-refractivity contribution in [3.05, 3.63) is 33.9 Å². The molecule has 0 bridgehead atoms. The summed E-state index contributed by atoms with van der Waals surface area (Å²) in [5.74, 6) is 0.373. The lowest BCUT2D eigenvalue weighted by Crippen LogP contribution is -2.30. The number of hydrogen-bond acceptors (Lipinski definition) is 5. The predicted molar refractivity (Wildman–Crippen MR) is 72.2 cm³/mol. The number of amides is 1. The van der Waals surface area contributed by atoms with Crippen LogP contribution in [-0.2, 0) is 11.3 Å². The summed E-state index contributed by atoms with van der Waals surface area (Å²) < 4.78 is 5.25. The van der Waals surface area contributed by atoms with Crippen molar-refractivity contribution < 1.29 is 14.5 Å². The lowest BCUT2D eigenvalue weighted by Gasteiger charge is -2.08. The van der Waals surface area contributed by atoms with Crippen LogP contribution in [0, 0.1) is 16.0 Å². The third kappa shape index (κ3) is 3.92. The quantitative estimate of drug-likeness (QED) is 0.571. The van der Waals surface area contributed by atoms with Crippen molar-refractivity contribution in [2.75, 3.05) is 13.2 Å². The van der Waals surface area contributed by atoms with E-state index in [9.17, 15) is 14.9 Å². The average Bonchev–Trinajstić information content (AvgIpc) is 3.26. The van der Waals surface area contributed by atoms with E-state index in [4.69, 9.17) is 10.5 Å². The summed E-state index contributed by atoms with van der Waals surface area (Å²) in [6.07, 6.45) is 2.29. The topological polar surface area (TPSA) is 107 Å². The zero-order chi connectivity index (χ0) is 14.5. The number of nitro benzene ring substituents is 1. The van der Waals surface area contributed by atoms with Gasteiger partial charge in [-0.1, -0.05) is 6.07 Å². The number of rotatable bonds is 7. The summed E-state index contributed by atoms with van der Waals surface area (Å²) in [4.78, 5) is 21.9. The van der Waals surface area contributed by atoms with Crippen LogP contribution in [0.25, 0.3) is 0 Å². The van der Waals surface area contributed by atoms with Crippen LogP contribution in [0.15, 0.2) is 18.2 Å². The van der Waals surface area contributed by atoms with Crippen LogP contribution in [0.4, 0.5) is 5.69 Å². The SMILES string of the molecule is NCc1ccc([N+](=O)[O-])c(OCC(=O)NCC2CC2)c1. The smallest absolute Gasteiger partial charge is 0.310 e. The molecule has 0 radical (unpaired) electrons. The zero-order valence-electron chi connectivity index (χ0n) is 11.0. The molecule has 0 saturated heterocycles. The van der Waals surface area contributed by atoms with Crippen LogP contribution in [0.2, 0.25) is 0 Å². The molecule has 20 heavy (non-hydrogen) atoms. The van der Waals surface area contributed by atoms with Gasteiger partial charge in [0, 0.05) is 19.2 Å². The summed E-state index contributed by atoms with van der Waals surface area (Å²) in [6.45, 7) is 0.664. The molecule has 0 aliphatic heterocycles. The second-order valence-electron chi connectivity index (χ2n) is 4.80. The molecule has 2 rings (SSSR count). The van der Waals surface area contributed by atoms with Gasteiger partial charge < -0.3 is 15.8 Å². The second-order valence-corrected chi connectivity index (χ2v) is 4.80. The Balaban J connectivity index is 1.95. The van der Waals surface area contributed by atoms with E-state index in [1.807, 2.05) is 0 Å². The molecule has 1 aromatic carbocycles. The van der Waals surface area contributed by atoms with Gasteiger partial charge in [-0.25, -0.2) is 0 Å². The highest BCUT2D eigenvalue weighted by atomic mass is 16.6. The third-order valence-electron chi connectivity index (χ3n) is 3.10. The molecule has 1 amide bonds. The molecule has 1 aliphatic rings. The molecular weight excluding hydrogens is 262 g/mol. The fraction of sp³-hybridized carbons (Fsp3) is 0.462. The fourth-order valence-electron chi connectivity index (χ4n) is 1.73. The summed E-state index contributed by atoms with van der Waals surface area (Å²) in [5, 5.41) is 13.6. The Morgan fingerprint density at radius 2 is 2.25 bits per heavy atom. The third-order valence-corrected chi connectivity index (χ3v) is 3.10. The maximum absolute atomic E-state index is 11.6. The van der Waals surface area contributed by atoms with Crippen LogP contribution < -0.4 is 15.8 Å². The van der Waals surface area contributed by atoms with Gasteiger partial charge in [-0.15, -0.1) is 0 Å². The zero-order valence-corrected chi connectivity index (χ0v) is 11.0. The minimum absolute atomic E-state index is 0.0690. The minimum atomic E-state index is -0.544. The molecule has 0 aromatic heterocycles. The van der Waals surface area contributed by atoms with Gasteiger partial charge in [-0.2, -0.15) is 0 Å². The van der Waals surface area contributed by atoms with Gasteiger partial charge in [0.1, 0.15) is 0 Å². The van der Waals surface area contributed by atoms with Crippen LogP contribution in [-0.4, -0.2) is 24.0 Å². The molecule has 108 valence electrons. The van der Waals surface area contributed by atoms with Crippen LogP contribution >= 0.6 is 0 Å². The molecule has 3 N–H and O–H groups in total. The highest BCUT2D eigenvalue weighted by Crippen LogP contribution is 2.28. The van der Waals surface area contributed by atoms with Crippen molar-refractivity contribution in [1.82, 2.24) is 5.32 Å². The Hall–Kier alpha value is -2.15. The normalized spacial score (nSPS) is 13.8. The van der Waals surface area contributed by atoms with Crippen molar-refractivity contribution >= 4 is 11.6 Å². The minimum Gasteiger partial charge on any atom is -0.477 e. The number of ether oxygens (including phenoxy) is 1. The predicted octanol–water partition coefficient (Wildman–Crippen LogP) is 0.958. The van der Waals surface area contributed by atoms with Crippen molar-refractivity contribution in [2.45, 2.75) is 19.4 Å². The van der Waals surface area contributed by atoms with Crippen LogP contribution in [0.3, 0.4) is 0 Å². The first-order valence-electron chi connectivity index (χ1n) is 6.47. The summed E-state index contributed by atoms with van der Waals surface area (Å²) in [6, 6.07) is 4.39. The summed E-state index contributed by atoms with van der Waals surface area (Å²) >= 11 is 0. The molecule has 7 nitrogen and oxygen atoms in total. The number of carbonyl (C=O) groups excluding carboxylic acids is 1. The average molecular weight is 279 g/mol. The van der Waals surface area contributed by atoms with E-state index in [1.165, 1.54) is 12.1 Å². The van der Waals surface area contributed by atoms with E-state index in [0.29, 0.717) is 18.0 Å². The van der Waals surface area contributed by atoms with Crippen molar-refractivity contribution in [1.29, 1.82) is 0 Å². The van der Waals surface area contributed by atoms with E-state index in [0.717, 1.165) is 12.8 Å². The van der Waals surface area contributed by atoms with Gasteiger partial charge in [-0.3, -0.25) is 14.9 Å². The standard InChI is InChI=1S/C13H17N3O4/c14-6-10-3-4-11(16(18)19)12(5-10)20-8-13(17)15-7-9-1-2-9/h3-5,9H,1-2,6-8,14H2,(H,15,17). The Bertz CT molecular complexity index is 514. The Kier molecular flexibility index (Phi) is 4.52. The highest BCUT2D eigenvalue weighted by Gasteiger charge is 2.22. The molecule has 1 aliphatic carbocycles. The second kappa shape index (κ2) is 6.33. The van der Waals surface area contributed by atoms with E-state index in [2.05, 4.69) is 5.32 Å². The van der Waals surface area contributed by atoms with Gasteiger partial charge in [0.25, 0.3) is 5.91 Å². The molecule has 0 heterocycles. The molecule has 1 aromatic rings. The van der Waals surface area contributed by atoms with Crippen LogP contribution in [0.5, 0.6) is 5.75 Å². The van der Waals surface area contributed by atoms with Crippen molar-refractivity contribution in [2.24, 2.45) is 11.7 Å². The number of nitro groups is 1. The van der Waals surface area contributed by atoms with E-state index in [1.54, 1.807) is 6.07 Å². The molecule has 1 fully saturated rings. The molecule has 7 heteroatoms. The summed E-state index contributed by atoms with van der Waals surface area (Å²) in [5.41, 5.74) is 6.03. The Morgan fingerprint density at radius 3 is 2.85 bits per heavy atom. The van der Waals surface area contributed by atoms with Gasteiger partial charge in [-0.05, 0) is 30.4 Å². The van der Waals surface area contributed by atoms with Crippen molar-refractivity contribution in [3.63, 3.8) is 0 Å². The summed E-state index contributed by atoms with van der Waals surface area (Å²) in [7, 11) is 0. The maximum atomic E-state index is 11.6. The van der Waals surface area contributed by atoms with E-state index < -0.39 is 4.92 Å². The fourth-order valence-corrected chi connectivity index (χ4v) is 1.73. The molecule has 1 saturated carbocycles. The van der Waals surface area contributed by atoms with Gasteiger partial charge in [0.05, 0.1) is 4.92 Å². The number of carbonyl (C=O) groups is 1. The largest absolute Gasteiger partial charge is 0.477 e. The van der Waals surface area contributed by atoms with Crippen molar-refractivity contribution in [3.8, 4) is 5.75 Å². The first kappa shape index (κ1) is 14.3. The van der Waals surface area contributed by atoms with E-state index in [-0.39, 0.29) is 30.5 Å². The first-order valence-corrected chi connectivity index (χ1v) is 6.47. The number of nitrogens with one attached hydrogen (secondary N) is 1. The first-order chi connectivity index (χ1) is 9.60. The van der Waals surface area contributed by atoms with Gasteiger partial charge >= 0.3 is 5.69 Å². The lowest BCUT2D eigenvalue weighted by molar-refractivity contribution is -0.385. The Morgan fingerprint density at radius 1 is 1.50 bits per heavy atom. The van der Waals surface area contributed by atoms with Crippen LogP contribution in [0.1, 0.15) is 18.4 Å². The number of nitrogens with two attached hydrogens (primary N) is 1. The van der Waals surface area contributed by atoms with Gasteiger partial charge in [0.2, 0.25) is 0 Å². The maximum Gasteiger partial charge on any atom is 0.310 e. The molecule has 0 unspecified atom stereocenters. The number of benzene rings is 1. The lowest BCUT2D eigenvalue weighted by atomic mass is 10.2. The molecule has 0 atom stereocenters. The van der Waals surface area contributed by atoms with Gasteiger partial charge in [0.15, 0.2) is 12.4 Å². The monoisotopic (exact) mass is 279 g/mol. The number of hydrogen-bond donors (Lipinski definition) is 2. The highest BCUT2D eigenvalue weighted by molar-refractivity contribution is 5.77. The number of nitrogens with zero attached hydrogens (tertiary/aromatic N) is 1. The van der Waals surface area contributed by atoms with E-state index >= 15 is 0 Å². The molecule has 0 spiro atoms.